The second kappa shape index (κ2) is 7.76. The third-order valence-electron chi connectivity index (χ3n) is 5.03. The molecule has 1 saturated heterocycles. The quantitative estimate of drug-likeness (QED) is 0.890. The molecule has 3 rings (SSSR count). The summed E-state index contributed by atoms with van der Waals surface area (Å²) < 4.78 is 3.73. The summed E-state index contributed by atoms with van der Waals surface area (Å²) in [7, 11) is 1.90. The van der Waals surface area contributed by atoms with Crippen LogP contribution in [0.3, 0.4) is 0 Å². The fourth-order valence-corrected chi connectivity index (χ4v) is 3.67. The van der Waals surface area contributed by atoms with Gasteiger partial charge in [0.05, 0.1) is 18.8 Å². The summed E-state index contributed by atoms with van der Waals surface area (Å²) in [6.07, 6.45) is 6.84. The highest BCUT2D eigenvalue weighted by Crippen LogP contribution is 2.31. The standard InChI is InChI=1S/C19H27N5O2/c1-14-12-21-23(13-14)11-9-20-19(26)18-8-7-16(22(18)3)17-6-4-5-10-24(17)15(2)25/h7-8,12-13,17H,4-6,9-11H2,1-3H3,(H,20,26)/t17-/m0/s1. The van der Waals surface area contributed by atoms with E-state index in [1.165, 1.54) is 0 Å². The minimum atomic E-state index is -0.104. The van der Waals surface area contributed by atoms with Crippen molar-refractivity contribution in [1.29, 1.82) is 0 Å². The number of carbonyl (C=O) groups excluding carboxylic acids is 2. The molecule has 26 heavy (non-hydrogen) atoms. The largest absolute Gasteiger partial charge is 0.349 e. The van der Waals surface area contributed by atoms with Crippen LogP contribution in [0.5, 0.6) is 0 Å². The number of nitrogens with zero attached hydrogens (tertiary/aromatic N) is 4. The molecule has 7 heteroatoms. The molecule has 0 unspecified atom stereocenters. The summed E-state index contributed by atoms with van der Waals surface area (Å²) in [6, 6.07) is 3.87. The van der Waals surface area contributed by atoms with Crippen LogP contribution >= 0.6 is 0 Å². The van der Waals surface area contributed by atoms with Crippen molar-refractivity contribution in [2.24, 2.45) is 7.05 Å². The predicted octanol–water partition coefficient (Wildman–Crippen LogP) is 2.03. The molecule has 0 radical (unpaired) electrons. The summed E-state index contributed by atoms with van der Waals surface area (Å²) >= 11 is 0. The molecule has 3 heterocycles. The number of aryl methyl sites for hydroxylation is 1. The van der Waals surface area contributed by atoms with Gasteiger partial charge in [-0.05, 0) is 43.9 Å². The zero-order chi connectivity index (χ0) is 18.7. The number of hydrogen-bond acceptors (Lipinski definition) is 3. The number of piperidine rings is 1. The van der Waals surface area contributed by atoms with E-state index in [0.29, 0.717) is 18.8 Å². The van der Waals surface area contributed by atoms with Crippen LogP contribution in [0.1, 0.15) is 54.0 Å². The zero-order valence-corrected chi connectivity index (χ0v) is 15.7. The highest BCUT2D eigenvalue weighted by atomic mass is 16.2. The van der Waals surface area contributed by atoms with E-state index in [0.717, 1.165) is 37.1 Å². The third-order valence-corrected chi connectivity index (χ3v) is 5.03. The second-order valence-electron chi connectivity index (χ2n) is 6.96. The molecule has 1 aliphatic heterocycles. The van der Waals surface area contributed by atoms with Gasteiger partial charge in [-0.3, -0.25) is 14.3 Å². The molecule has 0 aromatic carbocycles. The van der Waals surface area contributed by atoms with Gasteiger partial charge in [-0.2, -0.15) is 5.10 Å². The fourth-order valence-electron chi connectivity index (χ4n) is 3.67. The molecule has 0 saturated carbocycles. The molecule has 0 spiro atoms. The van der Waals surface area contributed by atoms with Gasteiger partial charge >= 0.3 is 0 Å². The number of amides is 2. The maximum absolute atomic E-state index is 12.5. The van der Waals surface area contributed by atoms with Crippen LogP contribution in [-0.4, -0.2) is 44.2 Å². The molecule has 0 aliphatic carbocycles. The van der Waals surface area contributed by atoms with E-state index in [-0.39, 0.29) is 17.9 Å². The van der Waals surface area contributed by atoms with Gasteiger partial charge in [0.25, 0.3) is 5.91 Å². The molecule has 2 aromatic rings. The summed E-state index contributed by atoms with van der Waals surface area (Å²) in [4.78, 5) is 26.4. The highest BCUT2D eigenvalue weighted by Gasteiger charge is 2.28. The Labute approximate surface area is 154 Å². The summed E-state index contributed by atoms with van der Waals surface area (Å²) in [5.41, 5.74) is 2.74. The first-order chi connectivity index (χ1) is 12.5. The van der Waals surface area contributed by atoms with Crippen molar-refractivity contribution in [3.05, 3.63) is 41.5 Å². The molecule has 2 aromatic heterocycles. The predicted molar refractivity (Wildman–Crippen MR) is 98.7 cm³/mol. The van der Waals surface area contributed by atoms with Gasteiger partial charge < -0.3 is 14.8 Å². The van der Waals surface area contributed by atoms with E-state index in [1.807, 2.05) is 46.4 Å². The van der Waals surface area contributed by atoms with Crippen LogP contribution < -0.4 is 5.32 Å². The Morgan fingerprint density at radius 3 is 2.81 bits per heavy atom. The molecular formula is C19H27N5O2. The molecule has 1 aliphatic rings. The monoisotopic (exact) mass is 357 g/mol. The first-order valence-electron chi connectivity index (χ1n) is 9.17. The van der Waals surface area contributed by atoms with E-state index in [2.05, 4.69) is 10.4 Å². The van der Waals surface area contributed by atoms with Gasteiger partial charge in [0.1, 0.15) is 5.69 Å². The lowest BCUT2D eigenvalue weighted by molar-refractivity contribution is -0.132. The Bertz CT molecular complexity index is 792. The molecule has 140 valence electrons. The van der Waals surface area contributed by atoms with Crippen molar-refractivity contribution in [3.63, 3.8) is 0 Å². The van der Waals surface area contributed by atoms with Crippen LogP contribution in [0.2, 0.25) is 0 Å². The Kier molecular flexibility index (Phi) is 5.44. The van der Waals surface area contributed by atoms with Crippen molar-refractivity contribution >= 4 is 11.8 Å². The van der Waals surface area contributed by atoms with Crippen molar-refractivity contribution in [1.82, 2.24) is 24.6 Å². The van der Waals surface area contributed by atoms with Crippen LogP contribution in [0.4, 0.5) is 0 Å². The topological polar surface area (TPSA) is 72.2 Å². The molecule has 1 N–H and O–H groups in total. The van der Waals surface area contributed by atoms with Crippen LogP contribution in [0.25, 0.3) is 0 Å². The lowest BCUT2D eigenvalue weighted by Gasteiger charge is -2.35. The van der Waals surface area contributed by atoms with E-state index in [1.54, 1.807) is 13.1 Å². The minimum Gasteiger partial charge on any atom is -0.349 e. The molecular weight excluding hydrogens is 330 g/mol. The lowest BCUT2D eigenvalue weighted by Crippen LogP contribution is -2.38. The molecule has 7 nitrogen and oxygen atoms in total. The SMILES string of the molecule is CC(=O)N1CCCC[C@H]1c1ccc(C(=O)NCCn2cc(C)cn2)n1C. The van der Waals surface area contributed by atoms with E-state index < -0.39 is 0 Å². The van der Waals surface area contributed by atoms with Crippen molar-refractivity contribution < 1.29 is 9.59 Å². The number of hydrogen-bond donors (Lipinski definition) is 1. The molecule has 1 fully saturated rings. The average molecular weight is 357 g/mol. The maximum Gasteiger partial charge on any atom is 0.267 e. The van der Waals surface area contributed by atoms with Gasteiger partial charge in [-0.1, -0.05) is 0 Å². The maximum atomic E-state index is 12.5. The first kappa shape index (κ1) is 18.2. The van der Waals surface area contributed by atoms with Gasteiger partial charge in [-0.15, -0.1) is 0 Å². The third kappa shape index (κ3) is 3.81. The highest BCUT2D eigenvalue weighted by molar-refractivity contribution is 5.92. The number of carbonyl (C=O) groups is 2. The Balaban J connectivity index is 1.65. The lowest BCUT2D eigenvalue weighted by atomic mass is 9.99. The van der Waals surface area contributed by atoms with Gasteiger partial charge in [0.15, 0.2) is 0 Å². The van der Waals surface area contributed by atoms with Crippen molar-refractivity contribution in [3.8, 4) is 0 Å². The summed E-state index contributed by atoms with van der Waals surface area (Å²) in [6.45, 7) is 5.55. The minimum absolute atomic E-state index is 0.0554. The Hall–Kier alpha value is -2.57. The number of aromatic nitrogens is 3. The molecule has 0 bridgehead atoms. The van der Waals surface area contributed by atoms with Gasteiger partial charge in [0, 0.05) is 39.0 Å². The number of rotatable bonds is 5. The van der Waals surface area contributed by atoms with Gasteiger partial charge in [-0.25, -0.2) is 0 Å². The van der Waals surface area contributed by atoms with E-state index in [9.17, 15) is 9.59 Å². The number of nitrogens with one attached hydrogen (secondary N) is 1. The van der Waals surface area contributed by atoms with E-state index >= 15 is 0 Å². The zero-order valence-electron chi connectivity index (χ0n) is 15.7. The first-order valence-corrected chi connectivity index (χ1v) is 9.17. The van der Waals surface area contributed by atoms with Crippen LogP contribution in [0, 0.1) is 6.92 Å². The Morgan fingerprint density at radius 2 is 2.12 bits per heavy atom. The number of likely N-dealkylation sites (tertiary alicyclic amines) is 1. The second-order valence-corrected chi connectivity index (χ2v) is 6.96. The fraction of sp³-hybridized carbons (Fsp3) is 0.526. The molecule has 2 amide bonds. The van der Waals surface area contributed by atoms with Crippen LogP contribution in [0.15, 0.2) is 24.5 Å². The van der Waals surface area contributed by atoms with E-state index in [4.69, 9.17) is 0 Å². The molecule has 1 atom stereocenters. The summed E-state index contributed by atoms with van der Waals surface area (Å²) in [5, 5.41) is 7.16. The summed E-state index contributed by atoms with van der Waals surface area (Å²) in [5.74, 6) is -0.00997. The smallest absolute Gasteiger partial charge is 0.267 e. The Morgan fingerprint density at radius 1 is 1.31 bits per heavy atom. The van der Waals surface area contributed by atoms with Gasteiger partial charge in [0.2, 0.25) is 5.91 Å². The van der Waals surface area contributed by atoms with Crippen LogP contribution in [-0.2, 0) is 18.4 Å². The normalized spacial score (nSPS) is 17.3. The van der Waals surface area contributed by atoms with Crippen molar-refractivity contribution in [2.45, 2.75) is 45.7 Å². The average Bonchev–Trinajstić information content (AvgIpc) is 3.20. The van der Waals surface area contributed by atoms with Crippen molar-refractivity contribution in [2.75, 3.05) is 13.1 Å².